The number of halogens is 1. The Hall–Kier alpha value is -3.49. The molecule has 0 spiro atoms. The van der Waals surface area contributed by atoms with Crippen molar-refractivity contribution in [3.05, 3.63) is 54.0 Å². The molecule has 44 heavy (non-hydrogen) atoms. The summed E-state index contributed by atoms with van der Waals surface area (Å²) in [7, 11) is 0. The lowest BCUT2D eigenvalue weighted by Gasteiger charge is -2.35. The number of aryl methyl sites for hydroxylation is 1. The Balaban J connectivity index is 0.00000153. The molecule has 4 saturated heterocycles. The number of hydrogen-bond acceptors (Lipinski definition) is 7. The van der Waals surface area contributed by atoms with E-state index in [4.69, 9.17) is 14.7 Å². The summed E-state index contributed by atoms with van der Waals surface area (Å²) in [5.41, 5.74) is 3.16. The first kappa shape index (κ1) is 29.2. The van der Waals surface area contributed by atoms with Gasteiger partial charge in [-0.05, 0) is 86.5 Å². The highest BCUT2D eigenvalue weighted by Gasteiger charge is 2.45. The number of hydrogen-bond donors (Lipinski definition) is 2. The van der Waals surface area contributed by atoms with Crippen LogP contribution in [0.2, 0.25) is 0 Å². The van der Waals surface area contributed by atoms with Gasteiger partial charge in [-0.15, -0.1) is 0 Å². The number of aromatic hydroxyl groups is 1. The summed E-state index contributed by atoms with van der Waals surface area (Å²) < 4.78 is 23.3. The van der Waals surface area contributed by atoms with Crippen molar-refractivity contribution in [1.82, 2.24) is 20.2 Å². The Morgan fingerprint density at radius 2 is 1.82 bits per heavy atom. The van der Waals surface area contributed by atoms with Crippen molar-refractivity contribution in [2.24, 2.45) is 0 Å². The second kappa shape index (κ2) is 11.8. The topological polar surface area (TPSA) is 73.8 Å². The van der Waals surface area contributed by atoms with E-state index >= 15 is 4.39 Å². The SMILES string of the molecule is CC.CCc1cccc2cc(O)cc(-c3ncc4c(N5CC6CCC(C5)N6)cc(OCC56CCCN5CCC6)nc4c3F)c12. The van der Waals surface area contributed by atoms with Crippen molar-refractivity contribution in [3.8, 4) is 22.9 Å². The molecule has 2 unspecified atom stereocenters. The molecule has 0 amide bonds. The van der Waals surface area contributed by atoms with E-state index in [1.54, 1.807) is 18.3 Å². The van der Waals surface area contributed by atoms with E-state index in [9.17, 15) is 5.11 Å². The molecule has 2 aromatic carbocycles. The predicted molar refractivity (Wildman–Crippen MR) is 175 cm³/mol. The number of nitrogens with one attached hydrogen (secondary N) is 1. The summed E-state index contributed by atoms with van der Waals surface area (Å²) in [6.07, 6.45) is 9.55. The molecule has 6 heterocycles. The van der Waals surface area contributed by atoms with Gasteiger partial charge in [-0.2, -0.15) is 0 Å². The molecule has 8 rings (SSSR count). The summed E-state index contributed by atoms with van der Waals surface area (Å²) in [4.78, 5) is 14.5. The molecule has 8 heteroatoms. The average Bonchev–Trinajstić information content (AvgIpc) is 3.73. The summed E-state index contributed by atoms with van der Waals surface area (Å²) in [6, 6.07) is 12.2. The zero-order chi connectivity index (χ0) is 30.4. The second-order valence-corrected chi connectivity index (χ2v) is 12.8. The third-order valence-electron chi connectivity index (χ3n) is 10.3. The zero-order valence-electron chi connectivity index (χ0n) is 26.2. The maximum absolute atomic E-state index is 16.8. The molecular weight excluding hydrogens is 553 g/mol. The van der Waals surface area contributed by atoms with Crippen molar-refractivity contribution < 1.29 is 14.2 Å². The van der Waals surface area contributed by atoms with Gasteiger partial charge >= 0.3 is 0 Å². The van der Waals surface area contributed by atoms with Crippen LogP contribution in [0.3, 0.4) is 0 Å². The number of anilines is 1. The lowest BCUT2D eigenvalue weighted by atomic mass is 9.95. The zero-order valence-corrected chi connectivity index (χ0v) is 26.2. The van der Waals surface area contributed by atoms with Crippen LogP contribution in [0.4, 0.5) is 10.1 Å². The van der Waals surface area contributed by atoms with Crippen LogP contribution in [0.15, 0.2) is 42.6 Å². The highest BCUT2D eigenvalue weighted by Crippen LogP contribution is 2.42. The molecule has 0 saturated carbocycles. The molecule has 0 radical (unpaired) electrons. The number of pyridine rings is 2. The van der Waals surface area contributed by atoms with E-state index in [-0.39, 0.29) is 22.5 Å². The summed E-state index contributed by atoms with van der Waals surface area (Å²) >= 11 is 0. The molecule has 4 fully saturated rings. The molecule has 232 valence electrons. The van der Waals surface area contributed by atoms with Gasteiger partial charge in [-0.25, -0.2) is 9.37 Å². The fraction of sp³-hybridized carbons (Fsp3) is 0.500. The minimum absolute atomic E-state index is 0.0733. The number of phenols is 1. The molecule has 2 bridgehead atoms. The number of benzene rings is 2. The standard InChI is InChI=1S/C34H38FN5O2.C2H6/c1-2-21-6-3-7-22-14-25(41)15-26(30(21)22)32-31(35)33-27(17-36-32)28(39-18-23-8-9-24(19-39)37-23)16-29(38-33)42-20-34-10-4-12-40(34)13-5-11-34;1-2/h3,6-7,14-17,23-24,37,41H,2,4-5,8-13,18-20H2,1H3;1-2H3. The molecular formula is C36H44FN5O2. The van der Waals surface area contributed by atoms with Crippen LogP contribution < -0.4 is 15.0 Å². The number of ether oxygens (including phenoxy) is 1. The lowest BCUT2D eigenvalue weighted by Crippen LogP contribution is -2.51. The summed E-state index contributed by atoms with van der Waals surface area (Å²) in [5, 5.41) is 16.8. The number of phenolic OH excluding ortho intramolecular Hbond substituents is 1. The van der Waals surface area contributed by atoms with Gasteiger partial charge in [0.05, 0.1) is 11.2 Å². The fourth-order valence-electron chi connectivity index (χ4n) is 8.27. The molecule has 4 aliphatic rings. The van der Waals surface area contributed by atoms with E-state index in [0.717, 1.165) is 80.3 Å². The Bertz CT molecular complexity index is 1670. The molecule has 4 aliphatic heterocycles. The highest BCUT2D eigenvalue weighted by molar-refractivity contribution is 6.02. The van der Waals surface area contributed by atoms with Crippen molar-refractivity contribution in [1.29, 1.82) is 0 Å². The number of aromatic nitrogens is 2. The number of fused-ring (bicyclic) bond motifs is 5. The van der Waals surface area contributed by atoms with Crippen LogP contribution in [0, 0.1) is 5.82 Å². The van der Waals surface area contributed by atoms with E-state index < -0.39 is 5.82 Å². The van der Waals surface area contributed by atoms with Crippen molar-refractivity contribution in [3.63, 3.8) is 0 Å². The smallest absolute Gasteiger partial charge is 0.216 e. The molecule has 2 aromatic heterocycles. The largest absolute Gasteiger partial charge is 0.508 e. The van der Waals surface area contributed by atoms with Gasteiger partial charge in [0, 0.05) is 48.4 Å². The monoisotopic (exact) mass is 597 g/mol. The van der Waals surface area contributed by atoms with Crippen LogP contribution in [-0.4, -0.2) is 70.4 Å². The van der Waals surface area contributed by atoms with Gasteiger partial charge in [0.1, 0.15) is 23.6 Å². The Labute approximate surface area is 259 Å². The van der Waals surface area contributed by atoms with Crippen LogP contribution in [0.5, 0.6) is 11.6 Å². The molecule has 0 aliphatic carbocycles. The van der Waals surface area contributed by atoms with E-state index in [1.807, 2.05) is 32.0 Å². The minimum Gasteiger partial charge on any atom is -0.508 e. The molecule has 2 atom stereocenters. The van der Waals surface area contributed by atoms with Crippen LogP contribution >= 0.6 is 0 Å². The second-order valence-electron chi connectivity index (χ2n) is 12.8. The van der Waals surface area contributed by atoms with Crippen molar-refractivity contribution >= 4 is 27.4 Å². The fourth-order valence-corrected chi connectivity index (χ4v) is 8.27. The van der Waals surface area contributed by atoms with Crippen molar-refractivity contribution in [2.45, 2.75) is 83.3 Å². The first-order chi connectivity index (χ1) is 21.5. The maximum Gasteiger partial charge on any atom is 0.216 e. The van der Waals surface area contributed by atoms with Gasteiger partial charge in [-0.1, -0.05) is 39.0 Å². The molecule has 7 nitrogen and oxygen atoms in total. The van der Waals surface area contributed by atoms with E-state index in [2.05, 4.69) is 28.1 Å². The van der Waals surface area contributed by atoms with Gasteiger partial charge < -0.3 is 20.1 Å². The van der Waals surface area contributed by atoms with Crippen LogP contribution in [-0.2, 0) is 6.42 Å². The first-order valence-corrected chi connectivity index (χ1v) is 16.6. The minimum atomic E-state index is -0.475. The van der Waals surface area contributed by atoms with E-state index in [0.29, 0.717) is 35.5 Å². The highest BCUT2D eigenvalue weighted by atomic mass is 19.1. The van der Waals surface area contributed by atoms with E-state index in [1.165, 1.54) is 12.8 Å². The Kier molecular flexibility index (Phi) is 7.83. The predicted octanol–water partition coefficient (Wildman–Crippen LogP) is 6.83. The Morgan fingerprint density at radius 1 is 1.07 bits per heavy atom. The van der Waals surface area contributed by atoms with Gasteiger partial charge in [0.15, 0.2) is 5.82 Å². The van der Waals surface area contributed by atoms with Gasteiger partial charge in [-0.3, -0.25) is 9.88 Å². The number of piperazine rings is 1. The third-order valence-corrected chi connectivity index (χ3v) is 10.3. The first-order valence-electron chi connectivity index (χ1n) is 16.6. The number of nitrogens with zero attached hydrogens (tertiary/aromatic N) is 4. The Morgan fingerprint density at radius 3 is 2.55 bits per heavy atom. The van der Waals surface area contributed by atoms with Gasteiger partial charge in [0.2, 0.25) is 5.88 Å². The van der Waals surface area contributed by atoms with Crippen LogP contribution in [0.1, 0.15) is 64.9 Å². The summed E-state index contributed by atoms with van der Waals surface area (Å²) in [6.45, 7) is 10.7. The summed E-state index contributed by atoms with van der Waals surface area (Å²) in [5.74, 6) is 0.0882. The third kappa shape index (κ3) is 4.96. The number of rotatable bonds is 6. The van der Waals surface area contributed by atoms with Crippen molar-refractivity contribution in [2.75, 3.05) is 37.7 Å². The van der Waals surface area contributed by atoms with Gasteiger partial charge in [0.25, 0.3) is 0 Å². The van der Waals surface area contributed by atoms with Crippen LogP contribution in [0.25, 0.3) is 32.9 Å². The average molecular weight is 598 g/mol. The quantitative estimate of drug-likeness (QED) is 0.252. The molecule has 2 N–H and O–H groups in total. The normalized spacial score (nSPS) is 22.3. The molecule has 4 aromatic rings. The maximum atomic E-state index is 16.8. The lowest BCUT2D eigenvalue weighted by molar-refractivity contribution is 0.111.